The minimum Gasteiger partial charge on any atom is -0.375 e. The average Bonchev–Trinajstić information content (AvgIpc) is 2.75. The fourth-order valence-corrected chi connectivity index (χ4v) is 2.80. The molecule has 1 saturated heterocycles. The number of aromatic nitrogens is 1. The van der Waals surface area contributed by atoms with Crippen molar-refractivity contribution in [3.8, 4) is 0 Å². The van der Waals surface area contributed by atoms with Crippen LogP contribution in [-0.4, -0.2) is 47.0 Å². The van der Waals surface area contributed by atoms with Crippen LogP contribution >= 0.6 is 11.3 Å². The molecule has 1 aromatic rings. The van der Waals surface area contributed by atoms with Gasteiger partial charge in [-0.3, -0.25) is 9.80 Å². The zero-order valence-corrected chi connectivity index (χ0v) is 11.5. The molecule has 0 spiro atoms. The Kier molecular flexibility index (Phi) is 4.36. The van der Waals surface area contributed by atoms with Crippen molar-refractivity contribution in [2.45, 2.75) is 32.9 Å². The van der Waals surface area contributed by atoms with Gasteiger partial charge in [-0.25, -0.2) is 4.98 Å². The van der Waals surface area contributed by atoms with E-state index in [1.165, 1.54) is 30.8 Å². The Hall–Kier alpha value is -0.650. The maximum atomic E-state index is 5.64. The van der Waals surface area contributed by atoms with Crippen molar-refractivity contribution in [2.24, 2.45) is 0 Å². The number of nitrogen functional groups attached to an aromatic ring is 1. The molecule has 0 radical (unpaired) electrons. The molecule has 2 N–H and O–H groups in total. The van der Waals surface area contributed by atoms with E-state index in [1.807, 2.05) is 0 Å². The van der Waals surface area contributed by atoms with Crippen LogP contribution in [0.5, 0.6) is 0 Å². The molecule has 0 aliphatic carbocycles. The Morgan fingerprint density at radius 3 is 2.65 bits per heavy atom. The van der Waals surface area contributed by atoms with E-state index in [0.717, 1.165) is 25.3 Å². The van der Waals surface area contributed by atoms with Crippen molar-refractivity contribution in [3.63, 3.8) is 0 Å². The van der Waals surface area contributed by atoms with Crippen LogP contribution in [0.25, 0.3) is 0 Å². The Morgan fingerprint density at radius 1 is 1.41 bits per heavy atom. The molecule has 0 amide bonds. The van der Waals surface area contributed by atoms with Crippen molar-refractivity contribution in [1.82, 2.24) is 14.8 Å². The third-order valence-electron chi connectivity index (χ3n) is 3.58. The van der Waals surface area contributed by atoms with E-state index in [-0.39, 0.29) is 0 Å². The van der Waals surface area contributed by atoms with Gasteiger partial charge in [0.2, 0.25) is 0 Å². The second-order valence-corrected chi connectivity index (χ2v) is 5.64. The number of hydrogen-bond acceptors (Lipinski definition) is 5. The number of nitrogens with zero attached hydrogens (tertiary/aromatic N) is 3. The van der Waals surface area contributed by atoms with Gasteiger partial charge in [-0.05, 0) is 13.3 Å². The van der Waals surface area contributed by atoms with Crippen molar-refractivity contribution in [1.29, 1.82) is 0 Å². The van der Waals surface area contributed by atoms with Gasteiger partial charge >= 0.3 is 0 Å². The van der Waals surface area contributed by atoms with Gasteiger partial charge in [-0.15, -0.1) is 11.3 Å². The highest BCUT2D eigenvalue weighted by molar-refractivity contribution is 7.13. The first-order chi connectivity index (χ1) is 8.19. The highest BCUT2D eigenvalue weighted by Gasteiger charge is 2.20. The van der Waals surface area contributed by atoms with E-state index in [1.54, 1.807) is 0 Å². The summed E-state index contributed by atoms with van der Waals surface area (Å²) in [4.78, 5) is 9.36. The van der Waals surface area contributed by atoms with Crippen molar-refractivity contribution >= 4 is 16.5 Å². The lowest BCUT2D eigenvalue weighted by molar-refractivity contribution is 0.0957. The fourth-order valence-electron chi connectivity index (χ4n) is 2.24. The van der Waals surface area contributed by atoms with Crippen LogP contribution < -0.4 is 5.73 Å². The van der Waals surface area contributed by atoms with Crippen LogP contribution in [0.3, 0.4) is 0 Å². The second kappa shape index (κ2) is 5.80. The van der Waals surface area contributed by atoms with Crippen LogP contribution in [0, 0.1) is 0 Å². The highest BCUT2D eigenvalue weighted by Crippen LogP contribution is 2.15. The number of anilines is 1. The van der Waals surface area contributed by atoms with Crippen molar-refractivity contribution in [3.05, 3.63) is 11.1 Å². The van der Waals surface area contributed by atoms with E-state index >= 15 is 0 Å². The number of hydrogen-bond donors (Lipinski definition) is 1. The lowest BCUT2D eigenvalue weighted by atomic mass is 10.2. The minimum atomic E-state index is 0.679. The molecule has 2 rings (SSSR count). The molecule has 1 aliphatic rings. The van der Waals surface area contributed by atoms with Gasteiger partial charge in [0.1, 0.15) is 0 Å². The Morgan fingerprint density at radius 2 is 2.12 bits per heavy atom. The summed E-state index contributed by atoms with van der Waals surface area (Å²) >= 11 is 1.53. The normalized spacial score (nSPS) is 20.6. The molecule has 1 unspecified atom stereocenters. The molecule has 5 heteroatoms. The molecular formula is C12H22N4S. The van der Waals surface area contributed by atoms with Gasteiger partial charge in [-0.1, -0.05) is 6.92 Å². The molecule has 1 atom stereocenters. The molecule has 2 heterocycles. The zero-order chi connectivity index (χ0) is 12.3. The number of thiazole rings is 1. The molecule has 4 nitrogen and oxygen atoms in total. The largest absolute Gasteiger partial charge is 0.375 e. The summed E-state index contributed by atoms with van der Waals surface area (Å²) in [5.41, 5.74) is 6.76. The number of piperazine rings is 1. The van der Waals surface area contributed by atoms with Crippen LogP contribution in [-0.2, 0) is 6.54 Å². The summed E-state index contributed by atoms with van der Waals surface area (Å²) in [5, 5.41) is 2.74. The lowest BCUT2D eigenvalue weighted by Gasteiger charge is -2.37. The van der Waals surface area contributed by atoms with Crippen LogP contribution in [0.4, 0.5) is 5.13 Å². The monoisotopic (exact) mass is 254 g/mol. The quantitative estimate of drug-likeness (QED) is 0.887. The molecule has 1 aliphatic heterocycles. The van der Waals surface area contributed by atoms with Gasteiger partial charge in [-0.2, -0.15) is 0 Å². The van der Waals surface area contributed by atoms with Gasteiger partial charge in [0.15, 0.2) is 5.13 Å². The molecule has 17 heavy (non-hydrogen) atoms. The summed E-state index contributed by atoms with van der Waals surface area (Å²) in [6, 6.07) is 0.715. The zero-order valence-electron chi connectivity index (χ0n) is 10.7. The van der Waals surface area contributed by atoms with Crippen LogP contribution in [0.15, 0.2) is 5.38 Å². The standard InChI is InChI=1S/C12H22N4S/c1-3-10(2)16-6-4-15(5-7-16)8-11-9-17-12(13)14-11/h9-10H,3-8H2,1-2H3,(H2,13,14). The van der Waals surface area contributed by atoms with Crippen molar-refractivity contribution in [2.75, 3.05) is 31.9 Å². The Bertz CT molecular complexity index is 344. The molecule has 0 aromatic carbocycles. The second-order valence-electron chi connectivity index (χ2n) is 4.75. The van der Waals surface area contributed by atoms with Gasteiger partial charge in [0.25, 0.3) is 0 Å². The summed E-state index contributed by atoms with van der Waals surface area (Å²) in [7, 11) is 0. The third-order valence-corrected chi connectivity index (χ3v) is 4.30. The molecule has 96 valence electrons. The van der Waals surface area contributed by atoms with E-state index in [2.05, 4.69) is 34.0 Å². The smallest absolute Gasteiger partial charge is 0.180 e. The molecule has 0 bridgehead atoms. The van der Waals surface area contributed by atoms with E-state index in [0.29, 0.717) is 11.2 Å². The molecule has 0 saturated carbocycles. The van der Waals surface area contributed by atoms with Crippen LogP contribution in [0.2, 0.25) is 0 Å². The van der Waals surface area contributed by atoms with E-state index in [4.69, 9.17) is 5.73 Å². The topological polar surface area (TPSA) is 45.4 Å². The van der Waals surface area contributed by atoms with E-state index < -0.39 is 0 Å². The van der Waals surface area contributed by atoms with Gasteiger partial charge < -0.3 is 5.73 Å². The third kappa shape index (κ3) is 3.40. The van der Waals surface area contributed by atoms with Gasteiger partial charge in [0, 0.05) is 44.1 Å². The minimum absolute atomic E-state index is 0.679. The summed E-state index contributed by atoms with van der Waals surface area (Å²) in [5.74, 6) is 0. The predicted molar refractivity (Wildman–Crippen MR) is 73.1 cm³/mol. The van der Waals surface area contributed by atoms with Crippen LogP contribution in [0.1, 0.15) is 26.0 Å². The number of rotatable bonds is 4. The van der Waals surface area contributed by atoms with Crippen molar-refractivity contribution < 1.29 is 0 Å². The average molecular weight is 254 g/mol. The molecule has 1 aromatic heterocycles. The molecular weight excluding hydrogens is 232 g/mol. The fraction of sp³-hybridized carbons (Fsp3) is 0.750. The summed E-state index contributed by atoms with van der Waals surface area (Å²) in [6.07, 6.45) is 1.24. The molecule has 1 fully saturated rings. The Labute approximate surface area is 107 Å². The SMILES string of the molecule is CCC(C)N1CCN(Cc2csc(N)n2)CC1. The summed E-state index contributed by atoms with van der Waals surface area (Å²) in [6.45, 7) is 10.2. The Balaban J connectivity index is 1.79. The van der Waals surface area contributed by atoms with E-state index in [9.17, 15) is 0 Å². The van der Waals surface area contributed by atoms with Gasteiger partial charge in [0.05, 0.1) is 5.69 Å². The number of nitrogens with two attached hydrogens (primary N) is 1. The highest BCUT2D eigenvalue weighted by atomic mass is 32.1. The summed E-state index contributed by atoms with van der Waals surface area (Å²) < 4.78 is 0. The first-order valence-corrected chi connectivity index (χ1v) is 7.23. The maximum absolute atomic E-state index is 5.64. The lowest BCUT2D eigenvalue weighted by Crippen LogP contribution is -2.49. The first-order valence-electron chi connectivity index (χ1n) is 6.35. The first kappa shape index (κ1) is 12.8. The maximum Gasteiger partial charge on any atom is 0.180 e. The predicted octanol–water partition coefficient (Wildman–Crippen LogP) is 1.64.